The highest BCUT2D eigenvalue weighted by atomic mass is 16.4. The molecule has 3 rings (SSSR count). The Kier molecular flexibility index (Phi) is 3.51. The smallest absolute Gasteiger partial charge is 0.356 e. The zero-order valence-electron chi connectivity index (χ0n) is 12.4. The van der Waals surface area contributed by atoms with Crippen molar-refractivity contribution in [1.82, 2.24) is 9.55 Å². The van der Waals surface area contributed by atoms with E-state index in [2.05, 4.69) is 4.98 Å². The van der Waals surface area contributed by atoms with Crippen molar-refractivity contribution in [3.05, 3.63) is 71.5 Å². The molecule has 22 heavy (non-hydrogen) atoms. The van der Waals surface area contributed by atoms with Gasteiger partial charge < -0.3 is 5.11 Å². The molecule has 1 aromatic heterocycles. The van der Waals surface area contributed by atoms with Crippen molar-refractivity contribution in [2.45, 2.75) is 13.8 Å². The zero-order chi connectivity index (χ0) is 15.7. The van der Waals surface area contributed by atoms with Gasteiger partial charge in [0.2, 0.25) is 0 Å². The van der Waals surface area contributed by atoms with Crippen LogP contribution < -0.4 is 0 Å². The number of imidazole rings is 1. The SMILES string of the molecule is Cc1cccc(-c2nc(C(=O)O)cn2-c2cccc(C)c2)c1. The molecule has 0 spiro atoms. The number of rotatable bonds is 3. The molecule has 3 aromatic rings. The Morgan fingerprint density at radius 2 is 1.73 bits per heavy atom. The van der Waals surface area contributed by atoms with Crippen molar-refractivity contribution < 1.29 is 9.90 Å². The molecule has 0 aliphatic carbocycles. The maximum Gasteiger partial charge on any atom is 0.356 e. The van der Waals surface area contributed by atoms with Gasteiger partial charge in [-0.2, -0.15) is 0 Å². The molecule has 4 heteroatoms. The average Bonchev–Trinajstić information content (AvgIpc) is 2.92. The summed E-state index contributed by atoms with van der Waals surface area (Å²) < 4.78 is 1.82. The predicted octanol–water partition coefficient (Wildman–Crippen LogP) is 3.85. The number of aromatic nitrogens is 2. The summed E-state index contributed by atoms with van der Waals surface area (Å²) in [5.41, 5.74) is 4.05. The van der Waals surface area contributed by atoms with E-state index >= 15 is 0 Å². The second-order valence-corrected chi connectivity index (χ2v) is 5.33. The van der Waals surface area contributed by atoms with Crippen LogP contribution in [0.3, 0.4) is 0 Å². The van der Waals surface area contributed by atoms with Crippen LogP contribution in [-0.2, 0) is 0 Å². The molecule has 0 saturated heterocycles. The maximum atomic E-state index is 11.3. The largest absolute Gasteiger partial charge is 0.476 e. The van der Waals surface area contributed by atoms with Crippen LogP contribution in [0.4, 0.5) is 0 Å². The first-order valence-electron chi connectivity index (χ1n) is 7.01. The summed E-state index contributed by atoms with van der Waals surface area (Å²) in [6, 6.07) is 15.8. The summed E-state index contributed by atoms with van der Waals surface area (Å²) in [4.78, 5) is 15.6. The minimum atomic E-state index is -1.03. The molecule has 0 unspecified atom stereocenters. The molecule has 0 aliphatic heterocycles. The molecule has 1 heterocycles. The quantitative estimate of drug-likeness (QED) is 0.797. The topological polar surface area (TPSA) is 55.1 Å². The molecular formula is C18H16N2O2. The van der Waals surface area contributed by atoms with Gasteiger partial charge in [-0.15, -0.1) is 0 Å². The lowest BCUT2D eigenvalue weighted by atomic mass is 10.1. The molecule has 1 N–H and O–H groups in total. The third-order valence-electron chi connectivity index (χ3n) is 3.48. The van der Waals surface area contributed by atoms with Crippen molar-refractivity contribution in [2.24, 2.45) is 0 Å². The van der Waals surface area contributed by atoms with Gasteiger partial charge >= 0.3 is 5.97 Å². The summed E-state index contributed by atoms with van der Waals surface area (Å²) in [6.45, 7) is 4.01. The lowest BCUT2D eigenvalue weighted by Gasteiger charge is -2.09. The van der Waals surface area contributed by atoms with Gasteiger partial charge in [0.25, 0.3) is 0 Å². The van der Waals surface area contributed by atoms with E-state index in [9.17, 15) is 9.90 Å². The van der Waals surface area contributed by atoms with Crippen LogP contribution in [-0.4, -0.2) is 20.6 Å². The minimum absolute atomic E-state index is 0.0398. The van der Waals surface area contributed by atoms with Crippen molar-refractivity contribution in [2.75, 3.05) is 0 Å². The number of aryl methyl sites for hydroxylation is 2. The second kappa shape index (κ2) is 5.48. The lowest BCUT2D eigenvalue weighted by molar-refractivity contribution is 0.0691. The number of carboxylic acid groups (broad SMARTS) is 1. The summed E-state index contributed by atoms with van der Waals surface area (Å²) >= 11 is 0. The van der Waals surface area contributed by atoms with Gasteiger partial charge in [0.05, 0.1) is 0 Å². The Morgan fingerprint density at radius 3 is 2.36 bits per heavy atom. The predicted molar refractivity (Wildman–Crippen MR) is 85.4 cm³/mol. The summed E-state index contributed by atoms with van der Waals surface area (Å²) in [5, 5.41) is 9.25. The fraction of sp³-hybridized carbons (Fsp3) is 0.111. The number of aromatic carboxylic acids is 1. The molecule has 4 nitrogen and oxygen atoms in total. The first kappa shape index (κ1) is 14.1. The summed E-state index contributed by atoms with van der Waals surface area (Å²) in [5.74, 6) is -0.396. The lowest BCUT2D eigenvalue weighted by Crippen LogP contribution is -1.96. The highest BCUT2D eigenvalue weighted by molar-refractivity contribution is 5.86. The summed E-state index contributed by atoms with van der Waals surface area (Å²) in [6.07, 6.45) is 1.56. The third-order valence-corrected chi connectivity index (χ3v) is 3.48. The van der Waals surface area contributed by atoms with Gasteiger partial charge in [-0.1, -0.05) is 35.9 Å². The van der Waals surface area contributed by atoms with Crippen molar-refractivity contribution >= 4 is 5.97 Å². The molecular weight excluding hydrogens is 276 g/mol. The maximum absolute atomic E-state index is 11.3. The Hall–Kier alpha value is -2.88. The first-order valence-corrected chi connectivity index (χ1v) is 7.01. The summed E-state index contributed by atoms with van der Waals surface area (Å²) in [7, 11) is 0. The van der Waals surface area contributed by atoms with E-state index in [1.807, 2.05) is 66.9 Å². The van der Waals surface area contributed by atoms with Crippen LogP contribution in [0.15, 0.2) is 54.7 Å². The van der Waals surface area contributed by atoms with Crippen LogP contribution in [0.1, 0.15) is 21.6 Å². The number of nitrogens with zero attached hydrogens (tertiary/aromatic N) is 2. The fourth-order valence-corrected chi connectivity index (χ4v) is 2.45. The highest BCUT2D eigenvalue weighted by Crippen LogP contribution is 2.24. The first-order chi connectivity index (χ1) is 10.5. The standard InChI is InChI=1S/C18H16N2O2/c1-12-5-3-7-14(9-12)17-19-16(18(21)22)11-20(17)15-8-4-6-13(2)10-15/h3-11H,1-2H3,(H,21,22). The minimum Gasteiger partial charge on any atom is -0.476 e. The Labute approximate surface area is 128 Å². The van der Waals surface area contributed by atoms with E-state index in [0.717, 1.165) is 22.4 Å². The molecule has 0 aliphatic rings. The normalized spacial score (nSPS) is 10.6. The van der Waals surface area contributed by atoms with Gasteiger partial charge in [0.1, 0.15) is 5.82 Å². The molecule has 110 valence electrons. The Morgan fingerprint density at radius 1 is 1.05 bits per heavy atom. The van der Waals surface area contributed by atoms with E-state index < -0.39 is 5.97 Å². The molecule has 0 radical (unpaired) electrons. The van der Waals surface area contributed by atoms with Crippen molar-refractivity contribution in [3.63, 3.8) is 0 Å². The van der Waals surface area contributed by atoms with Crippen LogP contribution in [0.25, 0.3) is 17.1 Å². The third kappa shape index (κ3) is 2.63. The Balaban J connectivity index is 2.22. The number of carbonyl (C=O) groups is 1. The molecule has 0 amide bonds. The van der Waals surface area contributed by atoms with Crippen LogP contribution in [0, 0.1) is 13.8 Å². The monoisotopic (exact) mass is 292 g/mol. The van der Waals surface area contributed by atoms with Gasteiger partial charge in [0, 0.05) is 17.4 Å². The van der Waals surface area contributed by atoms with Crippen LogP contribution in [0.5, 0.6) is 0 Å². The van der Waals surface area contributed by atoms with Crippen LogP contribution >= 0.6 is 0 Å². The molecule has 0 fully saturated rings. The second-order valence-electron chi connectivity index (χ2n) is 5.33. The van der Waals surface area contributed by atoms with E-state index in [-0.39, 0.29) is 5.69 Å². The fourth-order valence-electron chi connectivity index (χ4n) is 2.45. The highest BCUT2D eigenvalue weighted by Gasteiger charge is 2.16. The molecule has 0 saturated carbocycles. The van der Waals surface area contributed by atoms with Gasteiger partial charge in [-0.05, 0) is 37.6 Å². The van der Waals surface area contributed by atoms with E-state index in [0.29, 0.717) is 5.82 Å². The number of benzene rings is 2. The molecule has 0 atom stereocenters. The average molecular weight is 292 g/mol. The van der Waals surface area contributed by atoms with Gasteiger partial charge in [-0.25, -0.2) is 9.78 Å². The van der Waals surface area contributed by atoms with Crippen molar-refractivity contribution in [3.8, 4) is 17.1 Å². The number of hydrogen-bond acceptors (Lipinski definition) is 2. The van der Waals surface area contributed by atoms with Gasteiger partial charge in [-0.3, -0.25) is 4.57 Å². The number of carboxylic acids is 1. The van der Waals surface area contributed by atoms with Gasteiger partial charge in [0.15, 0.2) is 5.69 Å². The molecule has 0 bridgehead atoms. The zero-order valence-corrected chi connectivity index (χ0v) is 12.4. The van der Waals surface area contributed by atoms with E-state index in [1.54, 1.807) is 6.20 Å². The van der Waals surface area contributed by atoms with E-state index in [1.165, 1.54) is 0 Å². The Bertz CT molecular complexity index is 787. The molecule has 2 aromatic carbocycles. The van der Waals surface area contributed by atoms with E-state index in [4.69, 9.17) is 0 Å². The van der Waals surface area contributed by atoms with Crippen molar-refractivity contribution in [1.29, 1.82) is 0 Å². The van der Waals surface area contributed by atoms with Crippen LogP contribution in [0.2, 0.25) is 0 Å². The number of hydrogen-bond donors (Lipinski definition) is 1.